The maximum atomic E-state index is 12.8. The van der Waals surface area contributed by atoms with Crippen molar-refractivity contribution in [1.29, 1.82) is 0 Å². The molecule has 1 atom stereocenters. The molecule has 0 spiro atoms. The van der Waals surface area contributed by atoms with Crippen LogP contribution in [0.1, 0.15) is 24.5 Å². The van der Waals surface area contributed by atoms with Crippen LogP contribution in [0.3, 0.4) is 0 Å². The molecule has 1 unspecified atom stereocenters. The molecule has 2 aromatic heterocycles. The molecule has 27 heavy (non-hydrogen) atoms. The van der Waals surface area contributed by atoms with E-state index in [1.807, 2.05) is 43.3 Å². The third-order valence-corrected chi connectivity index (χ3v) is 4.95. The van der Waals surface area contributed by atoms with Crippen molar-refractivity contribution in [2.24, 2.45) is 0 Å². The molecule has 0 saturated heterocycles. The highest BCUT2D eigenvalue weighted by Gasteiger charge is 2.44. The summed E-state index contributed by atoms with van der Waals surface area (Å²) in [4.78, 5) is 22.9. The number of pyridine rings is 1. The van der Waals surface area contributed by atoms with Gasteiger partial charge in [-0.1, -0.05) is 34.6 Å². The summed E-state index contributed by atoms with van der Waals surface area (Å²) in [6.45, 7) is 3.39. The molecule has 0 fully saturated rings. The molecule has 0 N–H and O–H groups in total. The molecule has 1 amide bonds. The standard InChI is InChI=1S/C19H17N5O2S/c1-11-7-6-9-14(20-11)18-23(12(2)25)15-10-5-4-8-13(15)16-17(26)21-19(27-3)22-24(16)18/h4-10,18H,1-3H3. The number of benzene rings is 1. The molecule has 4 rings (SSSR count). The fourth-order valence-electron chi connectivity index (χ4n) is 3.34. The van der Waals surface area contributed by atoms with Crippen molar-refractivity contribution in [3.05, 3.63) is 53.9 Å². The first-order valence-corrected chi connectivity index (χ1v) is 9.61. The summed E-state index contributed by atoms with van der Waals surface area (Å²) in [5.74, 6) is -0.534. The van der Waals surface area contributed by atoms with E-state index in [9.17, 15) is 9.90 Å². The summed E-state index contributed by atoms with van der Waals surface area (Å²) >= 11 is 1.28. The van der Waals surface area contributed by atoms with Gasteiger partial charge in [-0.3, -0.25) is 4.79 Å². The summed E-state index contributed by atoms with van der Waals surface area (Å²) in [5, 5.41) is 17.7. The Balaban J connectivity index is 2.09. The lowest BCUT2D eigenvalue weighted by Gasteiger charge is -2.32. The molecule has 3 aromatic rings. The Morgan fingerprint density at radius 1 is 1.19 bits per heavy atom. The first-order chi connectivity index (χ1) is 13.0. The minimum atomic E-state index is -0.658. The van der Waals surface area contributed by atoms with Gasteiger partial charge in [-0.25, -0.2) is 14.9 Å². The molecule has 1 aromatic carbocycles. The Kier molecular flexibility index (Phi) is 4.27. The van der Waals surface area contributed by atoms with Gasteiger partial charge in [0.2, 0.25) is 5.91 Å². The van der Waals surface area contributed by atoms with E-state index in [1.54, 1.807) is 21.9 Å². The van der Waals surface area contributed by atoms with E-state index in [4.69, 9.17) is 0 Å². The lowest BCUT2D eigenvalue weighted by Crippen LogP contribution is -2.59. The molecule has 8 heteroatoms. The van der Waals surface area contributed by atoms with Crippen molar-refractivity contribution in [3.8, 4) is 17.1 Å². The van der Waals surface area contributed by atoms with Crippen LogP contribution in [0.5, 0.6) is 5.88 Å². The van der Waals surface area contributed by atoms with E-state index in [0.717, 1.165) is 5.69 Å². The quantitative estimate of drug-likeness (QED) is 0.499. The SMILES string of the molecule is CSc1nc([O-])c2[n+](n1)C(c1cccc(C)n1)N(C(C)=O)c1ccccc1-2. The Hall–Kier alpha value is -3.00. The minimum Gasteiger partial charge on any atom is -0.854 e. The molecule has 1 aliphatic heterocycles. The Morgan fingerprint density at radius 3 is 2.67 bits per heavy atom. The zero-order valence-corrected chi connectivity index (χ0v) is 15.9. The van der Waals surface area contributed by atoms with Crippen molar-refractivity contribution >= 4 is 23.4 Å². The van der Waals surface area contributed by atoms with Crippen LogP contribution in [0.4, 0.5) is 5.69 Å². The maximum absolute atomic E-state index is 12.8. The maximum Gasteiger partial charge on any atom is 0.309 e. The van der Waals surface area contributed by atoms with E-state index in [1.165, 1.54) is 18.7 Å². The number of anilines is 1. The van der Waals surface area contributed by atoms with Crippen molar-refractivity contribution in [2.75, 3.05) is 11.2 Å². The fourth-order valence-corrected chi connectivity index (χ4v) is 3.68. The zero-order chi connectivity index (χ0) is 19.1. The van der Waals surface area contributed by atoms with Crippen LogP contribution in [0.25, 0.3) is 11.3 Å². The van der Waals surface area contributed by atoms with Crippen LogP contribution in [0.2, 0.25) is 0 Å². The Bertz CT molecular complexity index is 1060. The summed E-state index contributed by atoms with van der Waals surface area (Å²) in [6, 6.07) is 12.9. The van der Waals surface area contributed by atoms with Crippen LogP contribution < -0.4 is 14.7 Å². The number of fused-ring (bicyclic) bond motifs is 3. The predicted octanol–water partition coefficient (Wildman–Crippen LogP) is 1.84. The topological polar surface area (TPSA) is 85.9 Å². The molecule has 0 radical (unpaired) electrons. The molecule has 0 bridgehead atoms. The molecule has 0 aliphatic carbocycles. The van der Waals surface area contributed by atoms with E-state index >= 15 is 0 Å². The lowest BCUT2D eigenvalue weighted by atomic mass is 10.0. The number of thioether (sulfide) groups is 1. The van der Waals surface area contributed by atoms with Gasteiger partial charge < -0.3 is 5.11 Å². The van der Waals surface area contributed by atoms with Crippen molar-refractivity contribution in [2.45, 2.75) is 25.2 Å². The second-order valence-corrected chi connectivity index (χ2v) is 6.95. The average Bonchev–Trinajstić information content (AvgIpc) is 2.66. The van der Waals surface area contributed by atoms with E-state index in [0.29, 0.717) is 27.8 Å². The van der Waals surface area contributed by atoms with Gasteiger partial charge in [-0.2, -0.15) is 0 Å². The van der Waals surface area contributed by atoms with Crippen molar-refractivity contribution < 1.29 is 14.6 Å². The smallest absolute Gasteiger partial charge is 0.309 e. The first-order valence-electron chi connectivity index (χ1n) is 8.39. The van der Waals surface area contributed by atoms with Crippen LogP contribution in [0.15, 0.2) is 47.6 Å². The molecular weight excluding hydrogens is 362 g/mol. The minimum absolute atomic E-state index is 0.161. The number of hydrogen-bond acceptors (Lipinski definition) is 6. The van der Waals surface area contributed by atoms with Gasteiger partial charge in [0.15, 0.2) is 0 Å². The number of amides is 1. The van der Waals surface area contributed by atoms with Crippen LogP contribution in [-0.4, -0.2) is 27.2 Å². The second kappa shape index (κ2) is 6.62. The monoisotopic (exact) mass is 379 g/mol. The number of carbonyl (C=O) groups excluding carboxylic acids is 1. The number of para-hydroxylation sites is 1. The van der Waals surface area contributed by atoms with Gasteiger partial charge in [0.25, 0.3) is 10.9 Å². The highest BCUT2D eigenvalue weighted by molar-refractivity contribution is 7.98. The first kappa shape index (κ1) is 17.4. The van der Waals surface area contributed by atoms with Gasteiger partial charge in [0.1, 0.15) is 5.69 Å². The molecule has 0 saturated carbocycles. The Morgan fingerprint density at radius 2 is 1.96 bits per heavy atom. The summed E-state index contributed by atoms with van der Waals surface area (Å²) in [5.41, 5.74) is 3.09. The second-order valence-electron chi connectivity index (χ2n) is 6.18. The largest absolute Gasteiger partial charge is 0.854 e. The van der Waals surface area contributed by atoms with Crippen molar-refractivity contribution in [3.63, 3.8) is 0 Å². The van der Waals surface area contributed by atoms with E-state index in [2.05, 4.69) is 15.1 Å². The van der Waals surface area contributed by atoms with E-state index in [-0.39, 0.29) is 11.8 Å². The molecule has 3 heterocycles. The third kappa shape index (κ3) is 2.82. The summed E-state index contributed by atoms with van der Waals surface area (Å²) in [6.07, 6.45) is 1.15. The predicted molar refractivity (Wildman–Crippen MR) is 99.2 cm³/mol. The number of rotatable bonds is 2. The molecule has 1 aliphatic rings. The highest BCUT2D eigenvalue weighted by Crippen LogP contribution is 2.40. The highest BCUT2D eigenvalue weighted by atomic mass is 32.2. The molecular formula is C19H17N5O2S. The van der Waals surface area contributed by atoms with Gasteiger partial charge in [0, 0.05) is 17.7 Å². The molecule has 7 nitrogen and oxygen atoms in total. The third-order valence-electron chi connectivity index (χ3n) is 4.41. The van der Waals surface area contributed by atoms with Gasteiger partial charge in [0.05, 0.1) is 17.1 Å². The number of nitrogens with zero attached hydrogens (tertiary/aromatic N) is 5. The lowest BCUT2D eigenvalue weighted by molar-refractivity contribution is -0.764. The normalized spacial score (nSPS) is 15.2. The number of aryl methyl sites for hydroxylation is 1. The van der Waals surface area contributed by atoms with Gasteiger partial charge >= 0.3 is 6.17 Å². The Labute approximate surface area is 160 Å². The molecule has 136 valence electrons. The zero-order valence-electron chi connectivity index (χ0n) is 15.1. The fraction of sp³-hybridized carbons (Fsp3) is 0.211. The van der Waals surface area contributed by atoms with Crippen LogP contribution in [0, 0.1) is 6.92 Å². The van der Waals surface area contributed by atoms with E-state index < -0.39 is 6.17 Å². The number of hydrogen-bond donors (Lipinski definition) is 0. The average molecular weight is 379 g/mol. The van der Waals surface area contributed by atoms with Crippen LogP contribution in [-0.2, 0) is 4.79 Å². The van der Waals surface area contributed by atoms with Gasteiger partial charge in [-0.05, 0) is 37.4 Å². The van der Waals surface area contributed by atoms with Crippen LogP contribution >= 0.6 is 11.8 Å². The number of carbonyl (C=O) groups is 1. The summed E-state index contributed by atoms with van der Waals surface area (Å²) in [7, 11) is 0. The van der Waals surface area contributed by atoms with Gasteiger partial charge in [-0.15, -0.1) is 0 Å². The van der Waals surface area contributed by atoms with Crippen molar-refractivity contribution in [1.82, 2.24) is 15.1 Å². The summed E-state index contributed by atoms with van der Waals surface area (Å²) < 4.78 is 1.58. The number of aromatic nitrogens is 4.